The van der Waals surface area contributed by atoms with Gasteiger partial charge in [0.15, 0.2) is 11.5 Å². The summed E-state index contributed by atoms with van der Waals surface area (Å²) >= 11 is 0. The quantitative estimate of drug-likeness (QED) is 0.669. The molecule has 1 aliphatic carbocycles. The van der Waals surface area contributed by atoms with Gasteiger partial charge in [0, 0.05) is 6.54 Å². The second-order valence-electron chi connectivity index (χ2n) is 9.34. The van der Waals surface area contributed by atoms with E-state index in [0.29, 0.717) is 24.5 Å². The van der Waals surface area contributed by atoms with E-state index in [9.17, 15) is 14.0 Å². The van der Waals surface area contributed by atoms with Gasteiger partial charge in [0.25, 0.3) is 5.91 Å². The van der Waals surface area contributed by atoms with E-state index in [-0.39, 0.29) is 35.3 Å². The van der Waals surface area contributed by atoms with Crippen molar-refractivity contribution in [3.63, 3.8) is 0 Å². The smallest absolute Gasteiger partial charge is 0.290 e. The number of ether oxygens (including phenoxy) is 2. The number of methoxy groups -OCH3 is 1. The Morgan fingerprint density at radius 1 is 1.06 bits per heavy atom. The number of amides is 1. The Hall–Kier alpha value is -3.15. The third-order valence-electron chi connectivity index (χ3n) is 7.19. The molecule has 1 fully saturated rings. The van der Waals surface area contributed by atoms with E-state index in [0.717, 1.165) is 36.1 Å². The standard InChI is InChI=1S/C27H28FNO4/c1-16-3-12-22-21(15-16)25(30)23-24(18-6-8-19(28)9-7-18)29(27(31)26(23)33-22)14-13-17-4-10-20(32-2)11-5-17/h4-11,16,21-22,24H,3,12-15H2,1-2H3. The van der Waals surface area contributed by atoms with Gasteiger partial charge in [-0.2, -0.15) is 0 Å². The number of halogens is 1. The van der Waals surface area contributed by atoms with E-state index < -0.39 is 6.04 Å². The number of benzene rings is 2. The fraction of sp³-hybridized carbons (Fsp3) is 0.407. The number of rotatable bonds is 5. The molecule has 0 aromatic heterocycles. The molecule has 172 valence electrons. The first-order chi connectivity index (χ1) is 16.0. The van der Waals surface area contributed by atoms with Crippen molar-refractivity contribution < 1.29 is 23.5 Å². The van der Waals surface area contributed by atoms with E-state index in [1.54, 1.807) is 24.1 Å². The van der Waals surface area contributed by atoms with Gasteiger partial charge in [-0.15, -0.1) is 0 Å². The molecule has 2 aromatic carbocycles. The first-order valence-corrected chi connectivity index (χ1v) is 11.6. The molecule has 2 aromatic rings. The number of ketones is 1. The lowest BCUT2D eigenvalue weighted by Gasteiger charge is -2.37. The van der Waals surface area contributed by atoms with Gasteiger partial charge < -0.3 is 14.4 Å². The Morgan fingerprint density at radius 3 is 2.48 bits per heavy atom. The van der Waals surface area contributed by atoms with Gasteiger partial charge in [-0.3, -0.25) is 9.59 Å². The van der Waals surface area contributed by atoms with E-state index in [1.807, 2.05) is 24.3 Å². The van der Waals surface area contributed by atoms with Crippen LogP contribution in [0.15, 0.2) is 59.9 Å². The van der Waals surface area contributed by atoms with E-state index >= 15 is 0 Å². The first kappa shape index (κ1) is 21.7. The summed E-state index contributed by atoms with van der Waals surface area (Å²) in [7, 11) is 1.62. The molecule has 1 saturated carbocycles. The van der Waals surface area contributed by atoms with Crippen LogP contribution in [0.4, 0.5) is 4.39 Å². The molecule has 2 heterocycles. The molecule has 0 saturated heterocycles. The number of nitrogens with zero attached hydrogens (tertiary/aromatic N) is 1. The van der Waals surface area contributed by atoms with Crippen molar-refractivity contribution in [2.75, 3.05) is 13.7 Å². The first-order valence-electron chi connectivity index (χ1n) is 11.6. The Balaban J connectivity index is 1.47. The normalized spacial score (nSPS) is 26.7. The molecule has 6 heteroatoms. The van der Waals surface area contributed by atoms with Gasteiger partial charge >= 0.3 is 0 Å². The van der Waals surface area contributed by atoms with Crippen molar-refractivity contribution in [1.29, 1.82) is 0 Å². The van der Waals surface area contributed by atoms with Crippen molar-refractivity contribution in [3.8, 4) is 5.75 Å². The average Bonchev–Trinajstić information content (AvgIpc) is 3.11. The molecular weight excluding hydrogens is 421 g/mol. The third-order valence-corrected chi connectivity index (χ3v) is 7.19. The number of Topliss-reactive ketones (excluding diaryl/α,β-unsaturated/α-hetero) is 1. The van der Waals surface area contributed by atoms with Crippen molar-refractivity contribution in [2.24, 2.45) is 11.8 Å². The number of carbonyl (C=O) groups is 2. The summed E-state index contributed by atoms with van der Waals surface area (Å²) in [6, 6.07) is 13.2. The highest BCUT2D eigenvalue weighted by molar-refractivity contribution is 6.11. The largest absolute Gasteiger partial charge is 0.497 e. The minimum Gasteiger partial charge on any atom is -0.497 e. The van der Waals surface area contributed by atoms with Crippen molar-refractivity contribution in [3.05, 3.63) is 76.8 Å². The van der Waals surface area contributed by atoms with E-state index in [2.05, 4.69) is 6.92 Å². The average molecular weight is 450 g/mol. The molecule has 0 N–H and O–H groups in total. The van der Waals surface area contributed by atoms with Crippen LogP contribution in [-0.2, 0) is 20.7 Å². The lowest BCUT2D eigenvalue weighted by Crippen LogP contribution is -2.41. The SMILES string of the molecule is COc1ccc(CCN2C(=O)C3=C(C(=O)C4CC(C)CCC4O3)C2c2ccc(F)cc2)cc1. The molecule has 1 amide bonds. The minimum absolute atomic E-state index is 0.0161. The zero-order chi connectivity index (χ0) is 23.1. The van der Waals surface area contributed by atoms with Gasteiger partial charge in [-0.05, 0) is 67.0 Å². The van der Waals surface area contributed by atoms with Gasteiger partial charge in [0.05, 0.1) is 24.6 Å². The number of hydrogen-bond acceptors (Lipinski definition) is 4. The van der Waals surface area contributed by atoms with Crippen LogP contribution in [0, 0.1) is 17.7 Å². The lowest BCUT2D eigenvalue weighted by atomic mass is 9.74. The highest BCUT2D eigenvalue weighted by Gasteiger charge is 2.52. The predicted octanol–water partition coefficient (Wildman–Crippen LogP) is 4.62. The Morgan fingerprint density at radius 2 is 1.79 bits per heavy atom. The maximum atomic E-state index is 13.7. The molecule has 33 heavy (non-hydrogen) atoms. The Bertz CT molecular complexity index is 1090. The molecule has 2 aliphatic heterocycles. The molecule has 3 aliphatic rings. The molecule has 4 unspecified atom stereocenters. The molecule has 0 bridgehead atoms. The summed E-state index contributed by atoms with van der Waals surface area (Å²) in [5.74, 6) is 0.612. The van der Waals surface area contributed by atoms with Crippen LogP contribution in [0.1, 0.15) is 43.4 Å². The fourth-order valence-electron chi connectivity index (χ4n) is 5.39. The highest BCUT2D eigenvalue weighted by Crippen LogP contribution is 2.47. The minimum atomic E-state index is -0.558. The van der Waals surface area contributed by atoms with Gasteiger partial charge in [-0.1, -0.05) is 31.2 Å². The molecule has 4 atom stereocenters. The lowest BCUT2D eigenvalue weighted by molar-refractivity contribution is -0.136. The molecule has 0 radical (unpaired) electrons. The zero-order valence-corrected chi connectivity index (χ0v) is 18.9. The van der Waals surface area contributed by atoms with Crippen LogP contribution in [0.2, 0.25) is 0 Å². The molecule has 5 rings (SSSR count). The topological polar surface area (TPSA) is 55.8 Å². The summed E-state index contributed by atoms with van der Waals surface area (Å²) in [6.07, 6.45) is 2.94. The molecule has 5 nitrogen and oxygen atoms in total. The monoisotopic (exact) mass is 449 g/mol. The number of carbonyl (C=O) groups excluding carboxylic acids is 2. The van der Waals surface area contributed by atoms with Gasteiger partial charge in [0.2, 0.25) is 0 Å². The zero-order valence-electron chi connectivity index (χ0n) is 18.9. The van der Waals surface area contributed by atoms with Crippen molar-refractivity contribution in [2.45, 2.75) is 44.8 Å². The van der Waals surface area contributed by atoms with Crippen molar-refractivity contribution >= 4 is 11.7 Å². The van der Waals surface area contributed by atoms with Gasteiger partial charge in [-0.25, -0.2) is 4.39 Å². The summed E-state index contributed by atoms with van der Waals surface area (Å²) in [4.78, 5) is 28.9. The fourth-order valence-corrected chi connectivity index (χ4v) is 5.39. The van der Waals surface area contributed by atoms with Gasteiger partial charge in [0.1, 0.15) is 17.7 Å². The van der Waals surface area contributed by atoms with E-state index in [1.165, 1.54) is 12.1 Å². The predicted molar refractivity (Wildman–Crippen MR) is 121 cm³/mol. The Kier molecular flexibility index (Phi) is 5.69. The number of fused-ring (bicyclic) bond motifs is 1. The molecular formula is C27H28FNO4. The highest BCUT2D eigenvalue weighted by atomic mass is 19.1. The summed E-state index contributed by atoms with van der Waals surface area (Å²) in [6.45, 7) is 2.58. The van der Waals surface area contributed by atoms with Crippen LogP contribution in [0.3, 0.4) is 0 Å². The van der Waals surface area contributed by atoms with Crippen molar-refractivity contribution in [1.82, 2.24) is 4.90 Å². The second-order valence-corrected chi connectivity index (χ2v) is 9.34. The maximum absolute atomic E-state index is 13.7. The number of hydrogen-bond donors (Lipinski definition) is 0. The van der Waals surface area contributed by atoms with E-state index in [4.69, 9.17) is 9.47 Å². The van der Waals surface area contributed by atoms with Crippen LogP contribution in [0.25, 0.3) is 0 Å². The van der Waals surface area contributed by atoms with Crippen LogP contribution < -0.4 is 4.74 Å². The summed E-state index contributed by atoms with van der Waals surface area (Å²) in [5.41, 5.74) is 2.22. The summed E-state index contributed by atoms with van der Waals surface area (Å²) < 4.78 is 25.1. The Labute approximate surface area is 193 Å². The van der Waals surface area contributed by atoms with Crippen LogP contribution in [-0.4, -0.2) is 36.3 Å². The van der Waals surface area contributed by atoms with Crippen LogP contribution >= 0.6 is 0 Å². The van der Waals surface area contributed by atoms with Crippen LogP contribution in [0.5, 0.6) is 5.75 Å². The third kappa shape index (κ3) is 3.92. The maximum Gasteiger partial charge on any atom is 0.290 e. The molecule has 0 spiro atoms. The second kappa shape index (κ2) is 8.65. The summed E-state index contributed by atoms with van der Waals surface area (Å²) in [5, 5.41) is 0.